The molecule has 0 aromatic carbocycles. The third kappa shape index (κ3) is 5.26. The molecule has 1 heterocycles. The normalized spacial score (nSPS) is 13.2. The number of nitrogens with zero attached hydrogens (tertiary/aromatic N) is 1. The van der Waals surface area contributed by atoms with Crippen molar-refractivity contribution in [3.05, 3.63) is 24.0 Å². The number of nitrogens with one attached hydrogen (secondary N) is 1. The Hall–Kier alpha value is -0.760. The number of rotatable bonds is 9. The third-order valence-electron chi connectivity index (χ3n) is 3.61. The fourth-order valence-electron chi connectivity index (χ4n) is 2.29. The van der Waals surface area contributed by atoms with E-state index in [1.165, 1.54) is 37.9 Å². The van der Waals surface area contributed by atoms with Crippen LogP contribution in [0.5, 0.6) is 0 Å². The highest BCUT2D eigenvalue weighted by Crippen LogP contribution is 2.16. The van der Waals surface area contributed by atoms with E-state index in [1.807, 2.05) is 0 Å². The van der Waals surface area contributed by atoms with Gasteiger partial charge in [0.25, 0.3) is 0 Å². The molecule has 0 fully saturated rings. The van der Waals surface area contributed by atoms with Gasteiger partial charge in [0, 0.05) is 31.0 Å². The van der Waals surface area contributed by atoms with E-state index in [0.29, 0.717) is 6.04 Å². The molecule has 104 valence electrons. The summed E-state index contributed by atoms with van der Waals surface area (Å²) in [5, 5.41) is 3.50. The van der Waals surface area contributed by atoms with Crippen LogP contribution in [0.2, 0.25) is 0 Å². The lowest BCUT2D eigenvalue weighted by Crippen LogP contribution is -2.24. The standard InChI is InChI=1S/C16H30N2/c1-5-7-9-15(6-2)13-18-11-8-10-16(18)12-17-14(3)4/h8,10-11,14-15,17H,5-7,9,12-13H2,1-4H3. The van der Waals surface area contributed by atoms with Gasteiger partial charge < -0.3 is 9.88 Å². The van der Waals surface area contributed by atoms with Gasteiger partial charge in [0.2, 0.25) is 0 Å². The first kappa shape index (κ1) is 15.3. The maximum absolute atomic E-state index is 3.50. The maximum atomic E-state index is 3.50. The Morgan fingerprint density at radius 2 is 2.06 bits per heavy atom. The average Bonchev–Trinajstić information content (AvgIpc) is 2.79. The summed E-state index contributed by atoms with van der Waals surface area (Å²) >= 11 is 0. The van der Waals surface area contributed by atoms with Crippen molar-refractivity contribution >= 4 is 0 Å². The zero-order valence-electron chi connectivity index (χ0n) is 12.6. The molecule has 2 nitrogen and oxygen atoms in total. The van der Waals surface area contributed by atoms with Gasteiger partial charge in [0.05, 0.1) is 0 Å². The predicted molar refractivity (Wildman–Crippen MR) is 79.7 cm³/mol. The molecule has 0 bridgehead atoms. The number of hydrogen-bond donors (Lipinski definition) is 1. The molecule has 18 heavy (non-hydrogen) atoms. The lowest BCUT2D eigenvalue weighted by molar-refractivity contribution is 0.383. The first-order valence-corrected chi connectivity index (χ1v) is 7.54. The van der Waals surface area contributed by atoms with Gasteiger partial charge in [-0.1, -0.05) is 47.0 Å². The average molecular weight is 250 g/mol. The highest BCUT2D eigenvalue weighted by Gasteiger charge is 2.09. The van der Waals surface area contributed by atoms with Crippen molar-refractivity contribution in [3.63, 3.8) is 0 Å². The van der Waals surface area contributed by atoms with Crippen molar-refractivity contribution < 1.29 is 0 Å². The van der Waals surface area contributed by atoms with Crippen LogP contribution in [0.25, 0.3) is 0 Å². The van der Waals surface area contributed by atoms with Crippen molar-refractivity contribution in [2.45, 2.75) is 72.5 Å². The molecule has 1 aromatic heterocycles. The van der Waals surface area contributed by atoms with E-state index in [-0.39, 0.29) is 0 Å². The first-order valence-electron chi connectivity index (χ1n) is 7.54. The predicted octanol–water partition coefficient (Wildman–Crippen LogP) is 4.20. The van der Waals surface area contributed by atoms with Crippen LogP contribution >= 0.6 is 0 Å². The van der Waals surface area contributed by atoms with Gasteiger partial charge in [-0.05, 0) is 24.5 Å². The van der Waals surface area contributed by atoms with Gasteiger partial charge >= 0.3 is 0 Å². The van der Waals surface area contributed by atoms with Gasteiger partial charge in [-0.3, -0.25) is 0 Å². The van der Waals surface area contributed by atoms with Gasteiger partial charge in [0.15, 0.2) is 0 Å². The second-order valence-corrected chi connectivity index (χ2v) is 5.60. The molecule has 2 heteroatoms. The monoisotopic (exact) mass is 250 g/mol. The lowest BCUT2D eigenvalue weighted by atomic mass is 9.99. The third-order valence-corrected chi connectivity index (χ3v) is 3.61. The van der Waals surface area contributed by atoms with Gasteiger partial charge in [0.1, 0.15) is 0 Å². The molecular weight excluding hydrogens is 220 g/mol. The summed E-state index contributed by atoms with van der Waals surface area (Å²) in [7, 11) is 0. The van der Waals surface area contributed by atoms with E-state index in [2.05, 4.69) is 55.9 Å². The number of aromatic nitrogens is 1. The van der Waals surface area contributed by atoms with Crippen molar-refractivity contribution in [1.82, 2.24) is 9.88 Å². The van der Waals surface area contributed by atoms with Crippen LogP contribution in [0.15, 0.2) is 18.3 Å². The van der Waals surface area contributed by atoms with Crippen LogP contribution in [0.3, 0.4) is 0 Å². The van der Waals surface area contributed by atoms with Crippen LogP contribution in [-0.2, 0) is 13.1 Å². The molecule has 0 aliphatic heterocycles. The molecule has 0 amide bonds. The second-order valence-electron chi connectivity index (χ2n) is 5.60. The Morgan fingerprint density at radius 3 is 2.67 bits per heavy atom. The lowest BCUT2D eigenvalue weighted by Gasteiger charge is -2.18. The molecule has 1 atom stereocenters. The highest BCUT2D eigenvalue weighted by molar-refractivity contribution is 5.07. The van der Waals surface area contributed by atoms with Crippen LogP contribution in [0.4, 0.5) is 0 Å². The van der Waals surface area contributed by atoms with Crippen molar-refractivity contribution in [3.8, 4) is 0 Å². The zero-order valence-corrected chi connectivity index (χ0v) is 12.6. The Labute approximate surface area is 113 Å². The molecular formula is C16H30N2. The molecule has 0 saturated heterocycles. The SMILES string of the molecule is CCCCC(CC)Cn1cccc1CNC(C)C. The van der Waals surface area contributed by atoms with Crippen LogP contribution in [0.1, 0.15) is 59.1 Å². The van der Waals surface area contributed by atoms with E-state index in [9.17, 15) is 0 Å². The van der Waals surface area contributed by atoms with Crippen LogP contribution in [0, 0.1) is 5.92 Å². The van der Waals surface area contributed by atoms with Crippen molar-refractivity contribution in [2.24, 2.45) is 5.92 Å². The molecule has 0 spiro atoms. The van der Waals surface area contributed by atoms with Crippen LogP contribution < -0.4 is 5.32 Å². The summed E-state index contributed by atoms with van der Waals surface area (Å²) in [6.45, 7) is 11.1. The molecule has 0 aliphatic carbocycles. The highest BCUT2D eigenvalue weighted by atomic mass is 15.0. The summed E-state index contributed by atoms with van der Waals surface area (Å²) in [6, 6.07) is 4.96. The summed E-state index contributed by atoms with van der Waals surface area (Å²) < 4.78 is 2.43. The molecule has 1 aromatic rings. The van der Waals surface area contributed by atoms with E-state index in [0.717, 1.165) is 12.5 Å². The Kier molecular flexibility index (Phi) is 7.11. The second kappa shape index (κ2) is 8.36. The molecule has 0 saturated carbocycles. The van der Waals surface area contributed by atoms with E-state index >= 15 is 0 Å². The Bertz CT molecular complexity index is 315. The summed E-state index contributed by atoms with van der Waals surface area (Å²) in [5.74, 6) is 0.829. The fraction of sp³-hybridized carbons (Fsp3) is 0.750. The minimum absolute atomic E-state index is 0.551. The molecule has 1 unspecified atom stereocenters. The number of hydrogen-bond acceptors (Lipinski definition) is 1. The fourth-order valence-corrected chi connectivity index (χ4v) is 2.29. The summed E-state index contributed by atoms with van der Waals surface area (Å²) in [5.41, 5.74) is 1.42. The quantitative estimate of drug-likeness (QED) is 0.695. The van der Waals surface area contributed by atoms with Crippen molar-refractivity contribution in [2.75, 3.05) is 0 Å². The Morgan fingerprint density at radius 1 is 1.28 bits per heavy atom. The van der Waals surface area contributed by atoms with E-state index < -0.39 is 0 Å². The smallest absolute Gasteiger partial charge is 0.0361 e. The van der Waals surface area contributed by atoms with Gasteiger partial charge in [-0.2, -0.15) is 0 Å². The van der Waals surface area contributed by atoms with Gasteiger partial charge in [-0.25, -0.2) is 0 Å². The largest absolute Gasteiger partial charge is 0.350 e. The topological polar surface area (TPSA) is 17.0 Å². The molecule has 1 N–H and O–H groups in total. The minimum atomic E-state index is 0.551. The van der Waals surface area contributed by atoms with Gasteiger partial charge in [-0.15, -0.1) is 0 Å². The van der Waals surface area contributed by atoms with Crippen molar-refractivity contribution in [1.29, 1.82) is 0 Å². The van der Waals surface area contributed by atoms with Crippen LogP contribution in [-0.4, -0.2) is 10.6 Å². The zero-order chi connectivity index (χ0) is 13.4. The Balaban J connectivity index is 2.51. The number of unbranched alkanes of at least 4 members (excludes halogenated alkanes) is 1. The molecule has 1 rings (SSSR count). The molecule has 0 radical (unpaired) electrons. The van der Waals surface area contributed by atoms with E-state index in [4.69, 9.17) is 0 Å². The molecule has 0 aliphatic rings. The minimum Gasteiger partial charge on any atom is -0.350 e. The summed E-state index contributed by atoms with van der Waals surface area (Å²) in [4.78, 5) is 0. The summed E-state index contributed by atoms with van der Waals surface area (Å²) in [6.07, 6.45) is 7.55. The first-order chi connectivity index (χ1) is 8.67. The maximum Gasteiger partial charge on any atom is 0.0361 e. The van der Waals surface area contributed by atoms with E-state index in [1.54, 1.807) is 0 Å².